The Morgan fingerprint density at radius 2 is 1.48 bits per heavy atom. The summed E-state index contributed by atoms with van der Waals surface area (Å²) in [7, 11) is 0. The molecular weight excluding hydrogens is 342 g/mol. The smallest absolute Gasteiger partial charge is 0.317 e. The Bertz CT molecular complexity index is 1050. The summed E-state index contributed by atoms with van der Waals surface area (Å²) in [5.41, 5.74) is 1.19. The van der Waals surface area contributed by atoms with Crippen molar-refractivity contribution in [1.82, 2.24) is 14.5 Å². The van der Waals surface area contributed by atoms with Crippen LogP contribution in [-0.2, 0) is 24.3 Å². The van der Waals surface area contributed by atoms with Gasteiger partial charge in [-0.25, -0.2) is 0 Å². The molecule has 0 saturated carbocycles. The highest BCUT2D eigenvalue weighted by atomic mass is 16.2. The van der Waals surface area contributed by atoms with Gasteiger partial charge in [-0.15, -0.1) is 0 Å². The van der Waals surface area contributed by atoms with Crippen LogP contribution in [0.2, 0.25) is 0 Å². The van der Waals surface area contributed by atoms with Gasteiger partial charge in [0.2, 0.25) is 5.91 Å². The number of para-hydroxylation sites is 2. The van der Waals surface area contributed by atoms with Crippen LogP contribution < -0.4 is 16.4 Å². The van der Waals surface area contributed by atoms with E-state index < -0.39 is 11.1 Å². The van der Waals surface area contributed by atoms with Crippen LogP contribution in [-0.4, -0.2) is 21.6 Å². The zero-order valence-corrected chi connectivity index (χ0v) is 15.4. The van der Waals surface area contributed by atoms with Gasteiger partial charge in [-0.05, 0) is 37.5 Å². The van der Waals surface area contributed by atoms with Crippen LogP contribution in [0.5, 0.6) is 0 Å². The second kappa shape index (κ2) is 8.49. The molecule has 0 bridgehead atoms. The maximum Gasteiger partial charge on any atom is 0.317 e. The van der Waals surface area contributed by atoms with Crippen molar-refractivity contribution in [2.24, 2.45) is 0 Å². The van der Waals surface area contributed by atoms with Gasteiger partial charge in [-0.3, -0.25) is 19.0 Å². The number of rotatable bonds is 7. The highest BCUT2D eigenvalue weighted by molar-refractivity contribution is 5.80. The quantitative estimate of drug-likeness (QED) is 0.514. The summed E-state index contributed by atoms with van der Waals surface area (Å²) in [5.74, 6) is -0.274. The number of nitrogens with zero attached hydrogens (tertiary/aromatic N) is 2. The molecule has 0 saturated heterocycles. The van der Waals surface area contributed by atoms with Crippen LogP contribution in [0.3, 0.4) is 0 Å². The lowest BCUT2D eigenvalue weighted by atomic mass is 10.1. The first kappa shape index (κ1) is 18.6. The lowest BCUT2D eigenvalue weighted by molar-refractivity contribution is -0.121. The molecule has 0 radical (unpaired) electrons. The Hall–Kier alpha value is -3.15. The van der Waals surface area contributed by atoms with E-state index in [1.807, 2.05) is 31.2 Å². The summed E-state index contributed by atoms with van der Waals surface area (Å²) in [6.45, 7) is 2.58. The number of amides is 1. The largest absolute Gasteiger partial charge is 0.355 e. The minimum Gasteiger partial charge on any atom is -0.355 e. The SMILES string of the molecule is CCn1c(=O)c(=O)n(CC(=O)NCCCc2ccccc2)c2ccccc21. The van der Waals surface area contributed by atoms with Crippen LogP contribution in [0.25, 0.3) is 11.0 Å². The molecule has 6 nitrogen and oxygen atoms in total. The number of nitrogens with one attached hydrogen (secondary N) is 1. The Morgan fingerprint density at radius 3 is 2.15 bits per heavy atom. The van der Waals surface area contributed by atoms with Crippen molar-refractivity contribution in [2.45, 2.75) is 32.9 Å². The number of carbonyl (C=O) groups excluding carboxylic acids is 1. The van der Waals surface area contributed by atoms with Crippen LogP contribution in [0.1, 0.15) is 18.9 Å². The number of benzene rings is 2. The lowest BCUT2D eigenvalue weighted by Crippen LogP contribution is -2.43. The van der Waals surface area contributed by atoms with Crippen molar-refractivity contribution >= 4 is 16.9 Å². The maximum absolute atomic E-state index is 12.5. The number of hydrogen-bond donors (Lipinski definition) is 1. The van der Waals surface area contributed by atoms with Gasteiger partial charge in [-0.2, -0.15) is 0 Å². The highest BCUT2D eigenvalue weighted by Crippen LogP contribution is 2.10. The molecular formula is C21H23N3O3. The molecule has 1 heterocycles. The van der Waals surface area contributed by atoms with Gasteiger partial charge < -0.3 is 9.88 Å². The maximum atomic E-state index is 12.5. The predicted octanol–water partition coefficient (Wildman–Crippen LogP) is 1.93. The van der Waals surface area contributed by atoms with Crippen molar-refractivity contribution < 1.29 is 4.79 Å². The van der Waals surface area contributed by atoms with E-state index in [2.05, 4.69) is 17.4 Å². The van der Waals surface area contributed by atoms with E-state index in [-0.39, 0.29) is 12.5 Å². The average Bonchev–Trinajstić information content (AvgIpc) is 2.70. The minimum absolute atomic E-state index is 0.162. The van der Waals surface area contributed by atoms with Crippen molar-refractivity contribution in [3.63, 3.8) is 0 Å². The molecule has 1 N–H and O–H groups in total. The zero-order valence-electron chi connectivity index (χ0n) is 15.4. The van der Waals surface area contributed by atoms with Crippen LogP contribution in [0.4, 0.5) is 0 Å². The molecule has 0 unspecified atom stereocenters. The van der Waals surface area contributed by atoms with Crippen molar-refractivity contribution in [2.75, 3.05) is 6.54 Å². The highest BCUT2D eigenvalue weighted by Gasteiger charge is 2.14. The fourth-order valence-corrected chi connectivity index (χ4v) is 3.21. The first-order valence-electron chi connectivity index (χ1n) is 9.15. The predicted molar refractivity (Wildman–Crippen MR) is 106 cm³/mol. The molecule has 27 heavy (non-hydrogen) atoms. The third kappa shape index (κ3) is 4.16. The lowest BCUT2D eigenvalue weighted by Gasteiger charge is -2.14. The molecule has 3 rings (SSSR count). The van der Waals surface area contributed by atoms with Crippen molar-refractivity contribution in [1.29, 1.82) is 0 Å². The Labute approximate surface area is 157 Å². The summed E-state index contributed by atoms with van der Waals surface area (Å²) < 4.78 is 2.70. The third-order valence-electron chi connectivity index (χ3n) is 4.56. The Balaban J connectivity index is 1.71. The van der Waals surface area contributed by atoms with E-state index in [4.69, 9.17) is 0 Å². The molecule has 0 aliphatic carbocycles. The van der Waals surface area contributed by atoms with E-state index in [0.29, 0.717) is 24.1 Å². The molecule has 1 aromatic heterocycles. The molecule has 3 aromatic rings. The van der Waals surface area contributed by atoms with Gasteiger partial charge in [0, 0.05) is 13.1 Å². The van der Waals surface area contributed by atoms with E-state index >= 15 is 0 Å². The fourth-order valence-electron chi connectivity index (χ4n) is 3.21. The molecule has 0 aliphatic heterocycles. The number of hydrogen-bond acceptors (Lipinski definition) is 3. The summed E-state index contributed by atoms with van der Waals surface area (Å²) in [4.78, 5) is 37.1. The fraction of sp³-hybridized carbons (Fsp3) is 0.286. The summed E-state index contributed by atoms with van der Waals surface area (Å²) in [6, 6.07) is 17.2. The van der Waals surface area contributed by atoms with Crippen LogP contribution in [0.15, 0.2) is 64.2 Å². The van der Waals surface area contributed by atoms with Crippen molar-refractivity contribution in [3.05, 3.63) is 80.9 Å². The van der Waals surface area contributed by atoms with E-state index in [1.54, 1.807) is 18.2 Å². The molecule has 140 valence electrons. The van der Waals surface area contributed by atoms with E-state index in [0.717, 1.165) is 12.8 Å². The molecule has 6 heteroatoms. The van der Waals surface area contributed by atoms with E-state index in [1.165, 1.54) is 14.7 Å². The van der Waals surface area contributed by atoms with Gasteiger partial charge in [0.05, 0.1) is 11.0 Å². The molecule has 0 spiro atoms. The Kier molecular flexibility index (Phi) is 5.86. The topological polar surface area (TPSA) is 73.1 Å². The Morgan fingerprint density at radius 1 is 0.889 bits per heavy atom. The molecule has 1 amide bonds. The number of fused-ring (bicyclic) bond motifs is 1. The van der Waals surface area contributed by atoms with Gasteiger partial charge in [-0.1, -0.05) is 42.5 Å². The first-order chi connectivity index (χ1) is 13.1. The molecule has 0 atom stereocenters. The van der Waals surface area contributed by atoms with Gasteiger partial charge in [0.1, 0.15) is 6.54 Å². The molecule has 2 aromatic carbocycles. The van der Waals surface area contributed by atoms with E-state index in [9.17, 15) is 14.4 Å². The summed E-state index contributed by atoms with van der Waals surface area (Å²) in [6.07, 6.45) is 1.68. The molecule has 0 aliphatic rings. The normalized spacial score (nSPS) is 10.9. The summed E-state index contributed by atoms with van der Waals surface area (Å²) in [5, 5.41) is 2.83. The zero-order chi connectivity index (χ0) is 19.2. The standard InChI is InChI=1S/C21H23N3O3/c1-2-23-17-12-6-7-13-18(17)24(21(27)20(23)26)15-19(25)22-14-8-11-16-9-4-3-5-10-16/h3-7,9-10,12-13H,2,8,11,14-15H2,1H3,(H,22,25). The van der Waals surface area contributed by atoms with Crippen molar-refractivity contribution in [3.8, 4) is 0 Å². The number of carbonyl (C=O) groups is 1. The number of aryl methyl sites for hydroxylation is 2. The second-order valence-corrected chi connectivity index (χ2v) is 6.37. The van der Waals surface area contributed by atoms with Crippen LogP contribution in [0, 0.1) is 0 Å². The first-order valence-corrected chi connectivity index (χ1v) is 9.15. The minimum atomic E-state index is -0.671. The monoisotopic (exact) mass is 365 g/mol. The van der Waals surface area contributed by atoms with Gasteiger partial charge in [0.15, 0.2) is 0 Å². The van der Waals surface area contributed by atoms with Crippen LogP contribution >= 0.6 is 0 Å². The van der Waals surface area contributed by atoms with Gasteiger partial charge in [0.25, 0.3) is 0 Å². The summed E-state index contributed by atoms with van der Waals surface area (Å²) >= 11 is 0. The molecule has 0 fully saturated rings. The van der Waals surface area contributed by atoms with Gasteiger partial charge >= 0.3 is 11.1 Å². The third-order valence-corrected chi connectivity index (χ3v) is 4.56. The number of aromatic nitrogens is 2. The second-order valence-electron chi connectivity index (χ2n) is 6.37. The average molecular weight is 365 g/mol.